The number of nitrogens with zero attached hydrogens (tertiary/aromatic N) is 2. The molecule has 0 bridgehead atoms. The Kier molecular flexibility index (Phi) is 3.56. The van der Waals surface area contributed by atoms with Crippen LogP contribution in [0.15, 0.2) is 36.5 Å². The van der Waals surface area contributed by atoms with E-state index >= 15 is 0 Å². The Labute approximate surface area is 107 Å². The zero-order valence-corrected chi connectivity index (χ0v) is 9.71. The van der Waals surface area contributed by atoms with E-state index < -0.39 is 16.4 Å². The van der Waals surface area contributed by atoms with Crippen LogP contribution in [0.5, 0.6) is 5.75 Å². The molecule has 0 unspecified atom stereocenters. The topological polar surface area (TPSA) is 88.3 Å². The zero-order valence-electron chi connectivity index (χ0n) is 9.71. The number of aromatic nitrogens is 1. The van der Waals surface area contributed by atoms with E-state index in [4.69, 9.17) is 5.11 Å². The van der Waals surface area contributed by atoms with Gasteiger partial charge in [0.1, 0.15) is 5.75 Å². The number of nitro groups is 1. The molecule has 0 spiro atoms. The van der Waals surface area contributed by atoms with Gasteiger partial charge in [-0.05, 0) is 24.3 Å². The van der Waals surface area contributed by atoms with Crippen LogP contribution in [0.1, 0.15) is 5.69 Å². The molecule has 98 valence electrons. The van der Waals surface area contributed by atoms with Crippen LogP contribution >= 0.6 is 0 Å². The van der Waals surface area contributed by atoms with Crippen LogP contribution in [0.3, 0.4) is 0 Å². The van der Waals surface area contributed by atoms with Crippen molar-refractivity contribution in [2.24, 2.45) is 0 Å². The van der Waals surface area contributed by atoms with Crippen molar-refractivity contribution in [3.8, 4) is 5.75 Å². The van der Waals surface area contributed by atoms with Crippen molar-refractivity contribution in [1.29, 1.82) is 0 Å². The molecule has 0 saturated carbocycles. The van der Waals surface area contributed by atoms with Crippen LogP contribution in [0.2, 0.25) is 0 Å². The van der Waals surface area contributed by atoms with E-state index in [-0.39, 0.29) is 5.75 Å². The fourth-order valence-electron chi connectivity index (χ4n) is 1.48. The molecule has 6 nitrogen and oxygen atoms in total. The van der Waals surface area contributed by atoms with Crippen LogP contribution in [0.25, 0.3) is 0 Å². The number of hydrogen-bond acceptors (Lipinski definition) is 5. The highest BCUT2D eigenvalue weighted by Gasteiger charge is 2.14. The maximum Gasteiger partial charge on any atom is 0.306 e. The summed E-state index contributed by atoms with van der Waals surface area (Å²) in [4.78, 5) is 13.8. The number of nitrogens with one attached hydrogen (secondary N) is 1. The van der Waals surface area contributed by atoms with Gasteiger partial charge in [-0.2, -0.15) is 4.39 Å². The van der Waals surface area contributed by atoms with Gasteiger partial charge in [0.15, 0.2) is 0 Å². The third-order valence-electron chi connectivity index (χ3n) is 2.43. The van der Waals surface area contributed by atoms with E-state index in [9.17, 15) is 14.5 Å². The SMILES string of the molecule is O=[N+]([O-])c1cc(NCc2ccc(O)cn2)ccc1F. The van der Waals surface area contributed by atoms with Crippen molar-refractivity contribution >= 4 is 11.4 Å². The second-order valence-corrected chi connectivity index (χ2v) is 3.78. The largest absolute Gasteiger partial charge is 0.506 e. The molecule has 0 aliphatic rings. The van der Waals surface area contributed by atoms with E-state index in [0.29, 0.717) is 17.9 Å². The molecule has 0 radical (unpaired) electrons. The zero-order chi connectivity index (χ0) is 13.8. The van der Waals surface area contributed by atoms with Crippen LogP contribution in [0.4, 0.5) is 15.8 Å². The lowest BCUT2D eigenvalue weighted by atomic mass is 10.2. The van der Waals surface area contributed by atoms with Crippen molar-refractivity contribution in [2.75, 3.05) is 5.32 Å². The van der Waals surface area contributed by atoms with Gasteiger partial charge in [-0.25, -0.2) is 0 Å². The molecule has 0 aliphatic carbocycles. The quantitative estimate of drug-likeness (QED) is 0.653. The number of anilines is 1. The molecule has 7 heteroatoms. The van der Waals surface area contributed by atoms with Gasteiger partial charge in [0, 0.05) is 11.8 Å². The molecule has 0 atom stereocenters. The van der Waals surface area contributed by atoms with E-state index in [2.05, 4.69) is 10.3 Å². The highest BCUT2D eigenvalue weighted by Crippen LogP contribution is 2.21. The lowest BCUT2D eigenvalue weighted by molar-refractivity contribution is -0.387. The first-order valence-corrected chi connectivity index (χ1v) is 5.38. The van der Waals surface area contributed by atoms with Crippen LogP contribution in [-0.4, -0.2) is 15.0 Å². The Morgan fingerprint density at radius 3 is 2.79 bits per heavy atom. The van der Waals surface area contributed by atoms with Gasteiger partial charge < -0.3 is 10.4 Å². The molecule has 19 heavy (non-hydrogen) atoms. The van der Waals surface area contributed by atoms with Crippen molar-refractivity contribution in [1.82, 2.24) is 4.98 Å². The minimum atomic E-state index is -0.877. The fraction of sp³-hybridized carbons (Fsp3) is 0.0833. The summed E-state index contributed by atoms with van der Waals surface area (Å²) in [5.74, 6) is -0.820. The van der Waals surface area contributed by atoms with Gasteiger partial charge in [-0.3, -0.25) is 15.1 Å². The molecule has 2 rings (SSSR count). The summed E-state index contributed by atoms with van der Waals surface area (Å²) in [5.41, 5.74) is 0.483. The van der Waals surface area contributed by atoms with Crippen molar-refractivity contribution in [3.05, 3.63) is 58.2 Å². The van der Waals surface area contributed by atoms with Crippen LogP contribution < -0.4 is 5.32 Å². The highest BCUT2D eigenvalue weighted by molar-refractivity contribution is 5.51. The Bertz CT molecular complexity index is 602. The normalized spacial score (nSPS) is 10.2. The predicted molar refractivity (Wildman–Crippen MR) is 66.3 cm³/mol. The molecule has 0 amide bonds. The number of rotatable bonds is 4. The lowest BCUT2D eigenvalue weighted by Gasteiger charge is -2.06. The van der Waals surface area contributed by atoms with Gasteiger partial charge in [-0.15, -0.1) is 0 Å². The Balaban J connectivity index is 2.09. The van der Waals surface area contributed by atoms with E-state index in [1.54, 1.807) is 6.07 Å². The summed E-state index contributed by atoms with van der Waals surface area (Å²) in [6, 6.07) is 6.65. The number of halogens is 1. The van der Waals surface area contributed by atoms with Crippen molar-refractivity contribution in [2.45, 2.75) is 6.54 Å². The first kappa shape index (κ1) is 12.7. The molecule has 1 aromatic heterocycles. The summed E-state index contributed by atoms with van der Waals surface area (Å²) >= 11 is 0. The molecule has 1 heterocycles. The summed E-state index contributed by atoms with van der Waals surface area (Å²) in [5, 5.41) is 22.5. The number of benzene rings is 1. The molecule has 0 fully saturated rings. The average Bonchev–Trinajstić information content (AvgIpc) is 2.39. The maximum atomic E-state index is 13.1. The van der Waals surface area contributed by atoms with E-state index in [0.717, 1.165) is 12.1 Å². The lowest BCUT2D eigenvalue weighted by Crippen LogP contribution is -2.02. The predicted octanol–water partition coefficient (Wildman–Crippen LogP) is 2.45. The molecule has 2 aromatic rings. The minimum absolute atomic E-state index is 0.0566. The first-order chi connectivity index (χ1) is 9.06. The van der Waals surface area contributed by atoms with E-state index in [1.807, 2.05) is 0 Å². The van der Waals surface area contributed by atoms with Gasteiger partial charge in [0.25, 0.3) is 0 Å². The minimum Gasteiger partial charge on any atom is -0.506 e. The highest BCUT2D eigenvalue weighted by atomic mass is 19.1. The van der Waals surface area contributed by atoms with Gasteiger partial charge in [0.05, 0.1) is 23.4 Å². The summed E-state index contributed by atoms with van der Waals surface area (Å²) in [6.45, 7) is 0.309. The van der Waals surface area contributed by atoms with Crippen molar-refractivity contribution < 1.29 is 14.4 Å². The van der Waals surface area contributed by atoms with Gasteiger partial charge >= 0.3 is 5.69 Å². The average molecular weight is 263 g/mol. The Hall–Kier alpha value is -2.70. The Morgan fingerprint density at radius 2 is 2.16 bits per heavy atom. The van der Waals surface area contributed by atoms with Gasteiger partial charge in [0.2, 0.25) is 5.82 Å². The molecule has 2 N–H and O–H groups in total. The third-order valence-corrected chi connectivity index (χ3v) is 2.43. The van der Waals surface area contributed by atoms with Crippen LogP contribution in [0, 0.1) is 15.9 Å². The Morgan fingerprint density at radius 1 is 1.37 bits per heavy atom. The fourth-order valence-corrected chi connectivity index (χ4v) is 1.48. The van der Waals surface area contributed by atoms with Crippen LogP contribution in [-0.2, 0) is 6.54 Å². The number of nitro benzene ring substituents is 1. The smallest absolute Gasteiger partial charge is 0.306 e. The van der Waals surface area contributed by atoms with E-state index in [1.165, 1.54) is 18.3 Å². The third kappa shape index (κ3) is 3.15. The first-order valence-electron chi connectivity index (χ1n) is 5.38. The molecular formula is C12H10FN3O3. The molecule has 1 aromatic carbocycles. The molecule has 0 saturated heterocycles. The summed E-state index contributed by atoms with van der Waals surface area (Å²) < 4.78 is 13.1. The number of aromatic hydroxyl groups is 1. The standard InChI is InChI=1S/C12H10FN3O3/c13-11-4-2-8(5-12(11)16(18)19)14-6-9-1-3-10(17)7-15-9/h1-5,7,14,17H,6H2. The maximum absolute atomic E-state index is 13.1. The van der Waals surface area contributed by atoms with Crippen molar-refractivity contribution in [3.63, 3.8) is 0 Å². The second-order valence-electron chi connectivity index (χ2n) is 3.78. The summed E-state index contributed by atoms with van der Waals surface area (Å²) in [6.07, 6.45) is 1.30. The summed E-state index contributed by atoms with van der Waals surface area (Å²) in [7, 11) is 0. The molecular weight excluding hydrogens is 253 g/mol. The number of pyridine rings is 1. The second kappa shape index (κ2) is 5.30. The molecule has 0 aliphatic heterocycles. The monoisotopic (exact) mass is 263 g/mol. The van der Waals surface area contributed by atoms with Gasteiger partial charge in [-0.1, -0.05) is 0 Å². The number of hydrogen-bond donors (Lipinski definition) is 2.